The van der Waals surface area contributed by atoms with Crippen molar-refractivity contribution in [2.75, 3.05) is 33.0 Å². The van der Waals surface area contributed by atoms with Gasteiger partial charge in [-0.1, -0.05) is 83.1 Å². The number of nitrogens with zero attached hydrogens (tertiary/aromatic N) is 15. The summed E-state index contributed by atoms with van der Waals surface area (Å²) >= 11 is 0. The molecule has 4 aliphatic rings. The van der Waals surface area contributed by atoms with Gasteiger partial charge in [-0.25, -0.2) is 29.9 Å². The number of hydrogen-bond donors (Lipinski definition) is 3. The van der Waals surface area contributed by atoms with Crippen LogP contribution in [0.25, 0.3) is 33.5 Å². The molecule has 472 valence electrons. The first kappa shape index (κ1) is 66.5. The number of fused-ring (bicyclic) bond motifs is 4. The van der Waals surface area contributed by atoms with Crippen LogP contribution in [-0.2, 0) is 27.2 Å². The van der Waals surface area contributed by atoms with Gasteiger partial charge in [0.1, 0.15) is 68.2 Å². The van der Waals surface area contributed by atoms with Crippen LogP contribution in [0, 0.1) is 72.5 Å². The van der Waals surface area contributed by atoms with Gasteiger partial charge in [0.15, 0.2) is 33.5 Å². The van der Waals surface area contributed by atoms with E-state index in [9.17, 15) is 15.3 Å². The highest BCUT2D eigenvalue weighted by molar-refractivity contribution is 6.84. The third kappa shape index (κ3) is 13.5. The highest BCUT2D eigenvalue weighted by Gasteiger charge is 2.61. The smallest absolute Gasteiger partial charge is 0.335 e. The molecule has 87 heavy (non-hydrogen) atoms. The van der Waals surface area contributed by atoms with E-state index in [1.54, 1.807) is 37.4 Å². The third-order valence-corrected chi connectivity index (χ3v) is 26.9. The lowest BCUT2D eigenvalue weighted by Crippen LogP contribution is -2.65. The summed E-state index contributed by atoms with van der Waals surface area (Å²) in [5.41, 5.74) is 4.36. The molecule has 6 aromatic rings. The van der Waals surface area contributed by atoms with Crippen LogP contribution in [0.5, 0.6) is 17.6 Å². The van der Waals surface area contributed by atoms with E-state index >= 15 is 0 Å². The van der Waals surface area contributed by atoms with Gasteiger partial charge < -0.3 is 56.7 Å². The van der Waals surface area contributed by atoms with Crippen LogP contribution >= 0.6 is 0 Å². The maximum atomic E-state index is 10.3. The lowest BCUT2D eigenvalue weighted by atomic mass is 10.0. The number of imidazole rings is 3. The Bertz CT molecular complexity index is 3290. The molecular formula is C58H85N15O12Si2. The van der Waals surface area contributed by atoms with E-state index in [4.69, 9.17) is 62.2 Å². The number of aromatic nitrogens is 12. The fourth-order valence-corrected chi connectivity index (χ4v) is 23.3. The van der Waals surface area contributed by atoms with Crippen molar-refractivity contribution in [3.63, 3.8) is 0 Å². The molecule has 10 rings (SSSR count). The van der Waals surface area contributed by atoms with Crippen LogP contribution < -0.4 is 14.2 Å². The van der Waals surface area contributed by atoms with Crippen molar-refractivity contribution in [3.8, 4) is 35.8 Å². The minimum Gasteiger partial charge on any atom is -0.475 e. The van der Waals surface area contributed by atoms with Gasteiger partial charge in [0.25, 0.3) is 0 Å². The predicted octanol–water partition coefficient (Wildman–Crippen LogP) is 7.96. The second kappa shape index (κ2) is 28.4. The number of aliphatic hydroxyl groups is 3. The van der Waals surface area contributed by atoms with Crippen molar-refractivity contribution in [3.05, 3.63) is 36.5 Å². The first-order valence-electron chi connectivity index (χ1n) is 30.1. The molecule has 4 saturated heterocycles. The van der Waals surface area contributed by atoms with Crippen LogP contribution in [0.1, 0.15) is 145 Å². The topological polar surface area (TPSA) is 346 Å². The fraction of sp³-hybridized carbons (Fsp3) is 0.690. The number of aryl methyl sites for hydroxylation is 3. The first-order chi connectivity index (χ1) is 41.5. The first-order valence-corrected chi connectivity index (χ1v) is 34.0. The molecule has 6 aromatic heterocycles. The van der Waals surface area contributed by atoms with Crippen LogP contribution in [-0.4, -0.2) is 161 Å². The second-order valence-electron chi connectivity index (χ2n) is 23.9. The van der Waals surface area contributed by atoms with E-state index in [1.165, 1.54) is 0 Å². The SMILES string of the molecule is CC[C@H]1O[C@@H](n2cnc3c(OCCC#N)nc(C)nc32)C(C)[C@H]1O.Cc1nc(OCCC#N)c2ncn([C@@H]3O[C@@H]4CO[Si](C(C)C)(C(C)C)O[Si](C(C)C)(C(C)C)O[C@@H]4C3C)c2n1.Cc1nc(OCCC#N)c2ncn([C@@H]3O[C@H](CO)[C@H](O)C3C)c2n1. The average Bonchev–Trinajstić information content (AvgIpc) is 2.00. The fourth-order valence-electron chi connectivity index (χ4n) is 12.0. The Morgan fingerprint density at radius 2 is 0.931 bits per heavy atom. The van der Waals surface area contributed by atoms with Crippen LogP contribution in [0.15, 0.2) is 19.0 Å². The molecule has 27 nitrogen and oxygen atoms in total. The van der Waals surface area contributed by atoms with E-state index in [0.29, 0.717) is 75.2 Å². The maximum Gasteiger partial charge on any atom is 0.335 e. The Labute approximate surface area is 509 Å². The van der Waals surface area contributed by atoms with Crippen molar-refractivity contribution in [1.82, 2.24) is 58.6 Å². The molecule has 0 bridgehead atoms. The van der Waals surface area contributed by atoms with Crippen molar-refractivity contribution in [2.45, 2.75) is 207 Å². The van der Waals surface area contributed by atoms with E-state index in [-0.39, 0.29) is 116 Å². The lowest BCUT2D eigenvalue weighted by molar-refractivity contribution is -0.0549. The minimum absolute atomic E-state index is 0.00512. The van der Waals surface area contributed by atoms with E-state index in [2.05, 4.69) is 108 Å². The van der Waals surface area contributed by atoms with Gasteiger partial charge in [-0.05, 0) is 49.4 Å². The molecule has 10 heterocycles. The van der Waals surface area contributed by atoms with Gasteiger partial charge in [-0.15, -0.1) is 0 Å². The Hall–Kier alpha value is -6.41. The van der Waals surface area contributed by atoms with Crippen molar-refractivity contribution in [1.29, 1.82) is 15.8 Å². The number of ether oxygens (including phenoxy) is 6. The molecule has 0 aliphatic carbocycles. The highest BCUT2D eigenvalue weighted by Crippen LogP contribution is 2.50. The van der Waals surface area contributed by atoms with Crippen molar-refractivity contribution in [2.24, 2.45) is 17.8 Å². The van der Waals surface area contributed by atoms with Crippen LogP contribution in [0.3, 0.4) is 0 Å². The summed E-state index contributed by atoms with van der Waals surface area (Å²) in [6, 6.07) is 6.13. The van der Waals surface area contributed by atoms with Crippen molar-refractivity contribution >= 4 is 50.6 Å². The van der Waals surface area contributed by atoms with Gasteiger partial charge in [0.2, 0.25) is 17.6 Å². The largest absolute Gasteiger partial charge is 0.475 e. The zero-order chi connectivity index (χ0) is 63.2. The standard InChI is InChI=1S/C27H45N5O5Si2.C16H21N5O3.C15H19N5O4/c1-16(2)38(17(3)4)34-14-22-24(36-39(37-38,18(5)6)19(7)8)20(9)27(35-22)32-15-29-23-25(32)30-21(10)31-26(23)33-13-11-12-28;1-4-11-13(22)9(2)16(24-11)21-8-18-12-14(21)19-10(3)20-15(12)23-7-5-6-17;1-8-12(22)10(6-21)24-15(8)20-7-17-11-13(20)18-9(2)19-14(11)23-5-3-4-16/h15-20,22,24,27H,11,13-14H2,1-10H3;8-9,11,13,16,22H,4-5,7H2,1-3H3;7-8,10,12,15,21-22H,3,5-6H2,1-2H3/t20?,22-,24-,27-;9?,11-,13-,16-;8?,10-,12-,15-/m111/s1. The Morgan fingerprint density at radius 3 is 1.26 bits per heavy atom. The summed E-state index contributed by atoms with van der Waals surface area (Å²) in [5.74, 6) is 2.36. The molecule has 3 N–H and O–H groups in total. The van der Waals surface area contributed by atoms with E-state index in [0.717, 1.165) is 6.42 Å². The predicted molar refractivity (Wildman–Crippen MR) is 320 cm³/mol. The van der Waals surface area contributed by atoms with Crippen molar-refractivity contribution < 1.29 is 56.7 Å². The molecule has 0 amide bonds. The molecule has 3 unspecified atom stereocenters. The number of hydrogen-bond acceptors (Lipinski definition) is 24. The monoisotopic (exact) mass is 1240 g/mol. The summed E-state index contributed by atoms with van der Waals surface area (Å²) in [6.07, 6.45) is 2.72. The maximum absolute atomic E-state index is 10.3. The molecule has 29 heteroatoms. The second-order valence-corrected chi connectivity index (χ2v) is 32.7. The summed E-state index contributed by atoms with van der Waals surface area (Å²) in [4.78, 5) is 39.7. The van der Waals surface area contributed by atoms with E-state index in [1.807, 2.05) is 49.0 Å². The molecule has 4 aliphatic heterocycles. The third-order valence-electron chi connectivity index (χ3n) is 16.6. The van der Waals surface area contributed by atoms with Crippen LogP contribution in [0.2, 0.25) is 22.2 Å². The molecule has 0 aromatic carbocycles. The quantitative estimate of drug-likeness (QED) is 0.0542. The summed E-state index contributed by atoms with van der Waals surface area (Å²) < 4.78 is 62.4. The van der Waals surface area contributed by atoms with Gasteiger partial charge in [-0.3, -0.25) is 13.7 Å². The molecular weight excluding hydrogens is 1150 g/mol. The highest BCUT2D eigenvalue weighted by atomic mass is 28.5. The minimum atomic E-state index is -2.75. The van der Waals surface area contributed by atoms with E-state index < -0.39 is 41.7 Å². The molecule has 0 radical (unpaired) electrons. The van der Waals surface area contributed by atoms with Gasteiger partial charge >= 0.3 is 17.1 Å². The van der Waals surface area contributed by atoms with Gasteiger partial charge in [-0.2, -0.15) is 30.7 Å². The Balaban J connectivity index is 0.000000178. The Morgan fingerprint density at radius 1 is 0.563 bits per heavy atom. The Kier molecular flexibility index (Phi) is 21.7. The summed E-state index contributed by atoms with van der Waals surface area (Å²) in [6.45, 7) is 32.0. The lowest BCUT2D eigenvalue weighted by Gasteiger charge is -2.51. The normalized spacial score (nSPS) is 26.7. The zero-order valence-corrected chi connectivity index (χ0v) is 54.6. The molecule has 0 saturated carbocycles. The molecule has 0 spiro atoms. The van der Waals surface area contributed by atoms with Gasteiger partial charge in [0, 0.05) is 17.8 Å². The number of aliphatic hydroxyl groups excluding tert-OH is 3. The molecule has 4 fully saturated rings. The zero-order valence-electron chi connectivity index (χ0n) is 52.6. The summed E-state index contributed by atoms with van der Waals surface area (Å²) in [5, 5.41) is 55.9. The number of nitriles is 3. The van der Waals surface area contributed by atoms with Crippen LogP contribution in [0.4, 0.5) is 0 Å². The molecule has 12 atom stereocenters. The summed E-state index contributed by atoms with van der Waals surface area (Å²) in [7, 11) is -5.40. The number of rotatable bonds is 18. The average molecular weight is 1240 g/mol. The van der Waals surface area contributed by atoms with Gasteiger partial charge in [0.05, 0.1) is 94.1 Å².